The first-order chi connectivity index (χ1) is 13.9. The highest BCUT2D eigenvalue weighted by atomic mass is 16.6. The van der Waals surface area contributed by atoms with Crippen LogP contribution in [-0.4, -0.2) is 44.0 Å². The number of hydrogen-bond acceptors (Lipinski definition) is 5. The second-order valence-corrected chi connectivity index (χ2v) is 10.2. The molecular weight excluding hydrogens is 382 g/mol. The summed E-state index contributed by atoms with van der Waals surface area (Å²) in [6.07, 6.45) is 7.22. The zero-order chi connectivity index (χ0) is 23.0. The average molecular weight is 428 g/mol. The monoisotopic (exact) mass is 427 g/mol. The van der Waals surface area contributed by atoms with Gasteiger partial charge < -0.3 is 14.8 Å². The van der Waals surface area contributed by atoms with Gasteiger partial charge in [-0.15, -0.1) is 0 Å². The molecule has 0 spiro atoms. The first-order valence-electron chi connectivity index (χ1n) is 11.5. The van der Waals surface area contributed by atoms with Crippen molar-refractivity contribution >= 4 is 17.7 Å². The fourth-order valence-electron chi connectivity index (χ4n) is 2.69. The van der Waals surface area contributed by atoms with E-state index < -0.39 is 0 Å². The van der Waals surface area contributed by atoms with Gasteiger partial charge in [-0.1, -0.05) is 60.8 Å². The number of carbonyl (C=O) groups excluding carboxylic acids is 3. The van der Waals surface area contributed by atoms with Crippen molar-refractivity contribution in [1.82, 2.24) is 5.32 Å². The SMILES string of the molecule is CC(C)(C)CCC(=O)NCCOCCOC(=O)CCCCCCCC(=O)C(C)(C)C. The lowest BCUT2D eigenvalue weighted by Gasteiger charge is -2.17. The predicted molar refractivity (Wildman–Crippen MR) is 120 cm³/mol. The number of nitrogens with one attached hydrogen (secondary N) is 1. The van der Waals surface area contributed by atoms with Gasteiger partial charge in [0, 0.05) is 31.2 Å². The van der Waals surface area contributed by atoms with Gasteiger partial charge in [0.05, 0.1) is 13.2 Å². The minimum Gasteiger partial charge on any atom is -0.463 e. The Balaban J connectivity index is 3.44. The van der Waals surface area contributed by atoms with Crippen LogP contribution in [0.2, 0.25) is 0 Å². The highest BCUT2D eigenvalue weighted by Crippen LogP contribution is 2.20. The number of unbranched alkanes of at least 4 members (excludes halogenated alkanes) is 4. The van der Waals surface area contributed by atoms with Gasteiger partial charge in [-0.2, -0.15) is 0 Å². The Kier molecular flexibility index (Phi) is 14.7. The van der Waals surface area contributed by atoms with Crippen molar-refractivity contribution in [3.05, 3.63) is 0 Å². The lowest BCUT2D eigenvalue weighted by Crippen LogP contribution is -2.28. The van der Waals surface area contributed by atoms with E-state index in [9.17, 15) is 14.4 Å². The van der Waals surface area contributed by atoms with Crippen LogP contribution in [0.25, 0.3) is 0 Å². The third-order valence-corrected chi connectivity index (χ3v) is 4.78. The van der Waals surface area contributed by atoms with Gasteiger partial charge in [0.25, 0.3) is 0 Å². The fourth-order valence-corrected chi connectivity index (χ4v) is 2.69. The molecule has 0 fully saturated rings. The van der Waals surface area contributed by atoms with Crippen molar-refractivity contribution in [2.45, 2.75) is 99.3 Å². The summed E-state index contributed by atoms with van der Waals surface area (Å²) in [6.45, 7) is 13.7. The zero-order valence-corrected chi connectivity index (χ0v) is 20.2. The van der Waals surface area contributed by atoms with E-state index >= 15 is 0 Å². The van der Waals surface area contributed by atoms with Gasteiger partial charge in [0.2, 0.25) is 5.91 Å². The minimum atomic E-state index is -0.243. The lowest BCUT2D eigenvalue weighted by molar-refractivity contribution is -0.145. The molecule has 0 aromatic heterocycles. The predicted octanol–water partition coefficient (Wildman–Crippen LogP) is 4.83. The molecule has 176 valence electrons. The third-order valence-electron chi connectivity index (χ3n) is 4.78. The molecular formula is C24H45NO5. The molecule has 0 saturated heterocycles. The number of esters is 1. The first kappa shape index (κ1) is 28.6. The maximum Gasteiger partial charge on any atom is 0.305 e. The van der Waals surface area contributed by atoms with Crippen LogP contribution in [-0.2, 0) is 23.9 Å². The largest absolute Gasteiger partial charge is 0.463 e. The molecule has 0 heterocycles. The molecule has 0 aromatic carbocycles. The quantitative estimate of drug-likeness (QED) is 0.282. The number of rotatable bonds is 16. The number of hydrogen-bond donors (Lipinski definition) is 1. The summed E-state index contributed by atoms with van der Waals surface area (Å²) in [5.74, 6) is 0.161. The summed E-state index contributed by atoms with van der Waals surface area (Å²) < 4.78 is 10.5. The van der Waals surface area contributed by atoms with Gasteiger partial charge in [0.1, 0.15) is 12.4 Å². The number of ether oxygens (including phenoxy) is 2. The molecule has 0 aliphatic heterocycles. The average Bonchev–Trinajstić information content (AvgIpc) is 2.63. The standard InChI is InChI=1S/C24H45NO5/c1-23(2,3)15-14-21(27)25-16-17-29-18-19-30-22(28)13-11-9-7-8-10-12-20(26)24(4,5)6/h7-19H2,1-6H3,(H,25,27). The van der Waals surface area contributed by atoms with Crippen LogP contribution in [0.3, 0.4) is 0 Å². The summed E-state index contributed by atoms with van der Waals surface area (Å²) in [7, 11) is 0. The van der Waals surface area contributed by atoms with Crippen molar-refractivity contribution < 1.29 is 23.9 Å². The smallest absolute Gasteiger partial charge is 0.305 e. The normalized spacial score (nSPS) is 11.9. The maximum atomic E-state index is 11.8. The Labute approximate surface area is 183 Å². The molecule has 0 bridgehead atoms. The van der Waals surface area contributed by atoms with Crippen LogP contribution in [0.1, 0.15) is 99.3 Å². The first-order valence-corrected chi connectivity index (χ1v) is 11.5. The molecule has 6 heteroatoms. The molecule has 0 atom stereocenters. The van der Waals surface area contributed by atoms with Gasteiger partial charge in [-0.3, -0.25) is 14.4 Å². The third kappa shape index (κ3) is 18.6. The van der Waals surface area contributed by atoms with Crippen LogP contribution in [0.5, 0.6) is 0 Å². The van der Waals surface area contributed by atoms with Crippen molar-refractivity contribution in [1.29, 1.82) is 0 Å². The van der Waals surface area contributed by atoms with E-state index in [1.807, 2.05) is 20.8 Å². The van der Waals surface area contributed by atoms with Gasteiger partial charge in [0.15, 0.2) is 0 Å². The Hall–Kier alpha value is -1.43. The molecule has 1 amide bonds. The molecule has 30 heavy (non-hydrogen) atoms. The molecule has 0 aromatic rings. The topological polar surface area (TPSA) is 81.7 Å². The molecule has 0 radical (unpaired) electrons. The Bertz CT molecular complexity index is 503. The van der Waals surface area contributed by atoms with Crippen LogP contribution < -0.4 is 5.32 Å². The Morgan fingerprint density at radius 3 is 1.93 bits per heavy atom. The molecule has 0 aliphatic rings. The molecule has 0 rings (SSSR count). The van der Waals surface area contributed by atoms with E-state index in [0.717, 1.165) is 38.5 Å². The lowest BCUT2D eigenvalue weighted by atomic mass is 9.88. The number of carbonyl (C=O) groups is 3. The van der Waals surface area contributed by atoms with E-state index in [1.165, 1.54) is 0 Å². The van der Waals surface area contributed by atoms with Crippen molar-refractivity contribution in [2.24, 2.45) is 10.8 Å². The second-order valence-electron chi connectivity index (χ2n) is 10.2. The summed E-state index contributed by atoms with van der Waals surface area (Å²) in [5.41, 5.74) is -0.0856. The van der Waals surface area contributed by atoms with Crippen molar-refractivity contribution in [2.75, 3.05) is 26.4 Å². The number of amides is 1. The Morgan fingerprint density at radius 2 is 1.33 bits per heavy atom. The van der Waals surface area contributed by atoms with E-state index in [0.29, 0.717) is 44.8 Å². The van der Waals surface area contributed by atoms with E-state index in [4.69, 9.17) is 9.47 Å². The summed E-state index contributed by atoms with van der Waals surface area (Å²) in [6, 6.07) is 0. The summed E-state index contributed by atoms with van der Waals surface area (Å²) in [4.78, 5) is 35.2. The van der Waals surface area contributed by atoms with Crippen LogP contribution >= 0.6 is 0 Å². The van der Waals surface area contributed by atoms with Gasteiger partial charge >= 0.3 is 5.97 Å². The Morgan fingerprint density at radius 1 is 0.733 bits per heavy atom. The van der Waals surface area contributed by atoms with Crippen molar-refractivity contribution in [3.8, 4) is 0 Å². The fraction of sp³-hybridized carbons (Fsp3) is 0.875. The molecule has 6 nitrogen and oxygen atoms in total. The molecule has 0 saturated carbocycles. The van der Waals surface area contributed by atoms with E-state index in [-0.39, 0.29) is 29.3 Å². The van der Waals surface area contributed by atoms with Crippen molar-refractivity contribution in [3.63, 3.8) is 0 Å². The number of ketones is 1. The highest BCUT2D eigenvalue weighted by Gasteiger charge is 2.19. The van der Waals surface area contributed by atoms with Crippen LogP contribution in [0.4, 0.5) is 0 Å². The molecule has 0 unspecified atom stereocenters. The van der Waals surface area contributed by atoms with E-state index in [2.05, 4.69) is 26.1 Å². The zero-order valence-electron chi connectivity index (χ0n) is 20.2. The van der Waals surface area contributed by atoms with Gasteiger partial charge in [-0.25, -0.2) is 0 Å². The minimum absolute atomic E-state index is 0.0424. The van der Waals surface area contributed by atoms with E-state index in [1.54, 1.807) is 0 Å². The number of Topliss-reactive ketones (excluding diaryl/α,β-unsaturated/α-hetero) is 1. The second kappa shape index (κ2) is 15.4. The summed E-state index contributed by atoms with van der Waals surface area (Å²) in [5, 5.41) is 2.83. The molecule has 1 N–H and O–H groups in total. The summed E-state index contributed by atoms with van der Waals surface area (Å²) >= 11 is 0. The van der Waals surface area contributed by atoms with Crippen LogP contribution in [0, 0.1) is 10.8 Å². The molecule has 0 aliphatic carbocycles. The van der Waals surface area contributed by atoms with Gasteiger partial charge in [-0.05, 0) is 24.7 Å². The van der Waals surface area contributed by atoms with Crippen LogP contribution in [0.15, 0.2) is 0 Å². The highest BCUT2D eigenvalue weighted by molar-refractivity contribution is 5.83. The maximum absolute atomic E-state index is 11.8.